The fourth-order valence-corrected chi connectivity index (χ4v) is 3.44. The van der Waals surface area contributed by atoms with Crippen molar-refractivity contribution in [1.29, 1.82) is 0 Å². The van der Waals surface area contributed by atoms with E-state index in [1.165, 1.54) is 36.0 Å². The Morgan fingerprint density at radius 2 is 2.26 bits per heavy atom. The lowest BCUT2D eigenvalue weighted by molar-refractivity contribution is 0.109. The molecule has 3 heteroatoms. The molecule has 1 fully saturated rings. The number of pyridine rings is 1. The van der Waals surface area contributed by atoms with Crippen LogP contribution in [0.5, 0.6) is 0 Å². The minimum atomic E-state index is 0.516. The van der Waals surface area contributed by atoms with Crippen LogP contribution in [0.15, 0.2) is 36.5 Å². The highest BCUT2D eigenvalue weighted by Gasteiger charge is 2.14. The van der Waals surface area contributed by atoms with Crippen molar-refractivity contribution in [1.82, 2.24) is 4.98 Å². The van der Waals surface area contributed by atoms with Gasteiger partial charge < -0.3 is 4.74 Å². The summed E-state index contributed by atoms with van der Waals surface area (Å²) in [5, 5.41) is 1.24. The first kappa shape index (κ1) is 12.9. The predicted molar refractivity (Wildman–Crippen MR) is 81.5 cm³/mol. The number of ether oxygens (including phenoxy) is 1. The fourth-order valence-electron chi connectivity index (χ4n) is 2.47. The Labute approximate surface area is 118 Å². The smallest absolute Gasteiger partial charge is 0.0702 e. The van der Waals surface area contributed by atoms with Crippen LogP contribution in [0.3, 0.4) is 0 Å². The van der Waals surface area contributed by atoms with Gasteiger partial charge in [-0.15, -0.1) is 0 Å². The van der Waals surface area contributed by atoms with E-state index in [0.29, 0.717) is 6.10 Å². The minimum absolute atomic E-state index is 0.516. The molecule has 1 aliphatic rings. The summed E-state index contributed by atoms with van der Waals surface area (Å²) < 4.78 is 5.64. The Morgan fingerprint density at radius 1 is 1.32 bits per heavy atom. The molecule has 0 bridgehead atoms. The Hall–Kier alpha value is -1.06. The number of hydrogen-bond donors (Lipinski definition) is 0. The van der Waals surface area contributed by atoms with Gasteiger partial charge in [-0.1, -0.05) is 18.2 Å². The van der Waals surface area contributed by atoms with Crippen molar-refractivity contribution in [3.8, 4) is 0 Å². The molecule has 2 nitrogen and oxygen atoms in total. The molecule has 0 aliphatic carbocycles. The number of hydrogen-bond acceptors (Lipinski definition) is 3. The van der Waals surface area contributed by atoms with E-state index in [9.17, 15) is 0 Å². The average molecular weight is 273 g/mol. The van der Waals surface area contributed by atoms with Crippen LogP contribution < -0.4 is 0 Å². The van der Waals surface area contributed by atoms with E-state index in [4.69, 9.17) is 4.74 Å². The van der Waals surface area contributed by atoms with Crippen molar-refractivity contribution in [2.75, 3.05) is 12.4 Å². The first-order valence-corrected chi connectivity index (χ1v) is 8.10. The molecule has 0 saturated carbocycles. The van der Waals surface area contributed by atoms with E-state index >= 15 is 0 Å². The first-order valence-electron chi connectivity index (χ1n) is 6.95. The summed E-state index contributed by atoms with van der Waals surface area (Å²) in [7, 11) is 0. The molecular weight excluding hydrogens is 254 g/mol. The monoisotopic (exact) mass is 273 g/mol. The second-order valence-electron chi connectivity index (χ2n) is 5.01. The molecule has 2 heterocycles. The number of nitrogens with zero attached hydrogens (tertiary/aromatic N) is 1. The molecule has 0 N–H and O–H groups in total. The van der Waals surface area contributed by atoms with Gasteiger partial charge in [-0.05, 0) is 42.7 Å². The average Bonchev–Trinajstić information content (AvgIpc) is 2.97. The summed E-state index contributed by atoms with van der Waals surface area (Å²) in [6.07, 6.45) is 6.19. The lowest BCUT2D eigenvalue weighted by Gasteiger charge is -2.08. The molecule has 0 radical (unpaired) electrons. The van der Waals surface area contributed by atoms with Crippen LogP contribution in [0, 0.1) is 0 Å². The van der Waals surface area contributed by atoms with Crippen LogP contribution in [0.2, 0.25) is 0 Å². The number of thioether (sulfide) groups is 1. The van der Waals surface area contributed by atoms with Crippen LogP contribution in [0.1, 0.15) is 24.8 Å². The third-order valence-corrected chi connectivity index (χ3v) is 4.59. The lowest BCUT2D eigenvalue weighted by Crippen LogP contribution is -2.05. The quantitative estimate of drug-likeness (QED) is 0.768. The highest BCUT2D eigenvalue weighted by atomic mass is 32.2. The van der Waals surface area contributed by atoms with Gasteiger partial charge in [0.25, 0.3) is 0 Å². The van der Waals surface area contributed by atoms with E-state index in [2.05, 4.69) is 29.2 Å². The zero-order valence-electron chi connectivity index (χ0n) is 11.0. The van der Waals surface area contributed by atoms with E-state index in [-0.39, 0.29) is 0 Å². The molecule has 3 rings (SSSR count). The molecule has 1 aliphatic heterocycles. The first-order chi connectivity index (χ1) is 9.42. The molecule has 1 atom stereocenters. The van der Waals surface area contributed by atoms with Gasteiger partial charge in [0.1, 0.15) is 0 Å². The number of rotatable bonds is 5. The molecule has 19 heavy (non-hydrogen) atoms. The van der Waals surface area contributed by atoms with Crippen LogP contribution >= 0.6 is 11.8 Å². The molecule has 100 valence electrons. The molecule has 1 aromatic carbocycles. The second-order valence-corrected chi connectivity index (χ2v) is 6.12. The summed E-state index contributed by atoms with van der Waals surface area (Å²) in [5.74, 6) is 2.22. The summed E-state index contributed by atoms with van der Waals surface area (Å²) >= 11 is 1.98. The molecular formula is C16H19NOS. The Kier molecular flexibility index (Phi) is 4.36. The zero-order chi connectivity index (χ0) is 12.9. The number of aromatic nitrogens is 1. The van der Waals surface area contributed by atoms with Crippen LogP contribution in [0.4, 0.5) is 0 Å². The summed E-state index contributed by atoms with van der Waals surface area (Å²) in [6, 6.07) is 10.5. The molecule has 1 aromatic heterocycles. The van der Waals surface area contributed by atoms with Gasteiger partial charge in [-0.25, -0.2) is 0 Å². The van der Waals surface area contributed by atoms with Crippen molar-refractivity contribution < 1.29 is 4.74 Å². The van der Waals surface area contributed by atoms with Crippen molar-refractivity contribution in [3.05, 3.63) is 42.1 Å². The molecule has 1 unspecified atom stereocenters. The van der Waals surface area contributed by atoms with Crippen LogP contribution in [-0.4, -0.2) is 23.4 Å². The topological polar surface area (TPSA) is 22.1 Å². The zero-order valence-corrected chi connectivity index (χ0v) is 11.9. The van der Waals surface area contributed by atoms with Crippen LogP contribution in [0.25, 0.3) is 10.9 Å². The highest BCUT2D eigenvalue weighted by molar-refractivity contribution is 7.98. The standard InChI is InChI=1S/C16H19NOS/c1-2-6-16-14(4-1)10-13(11-17-16)12-19-9-7-15-5-3-8-18-15/h1-2,4,6,10-11,15H,3,5,7-9,12H2. The highest BCUT2D eigenvalue weighted by Crippen LogP contribution is 2.21. The maximum absolute atomic E-state index is 5.64. The molecule has 0 amide bonds. The Bertz CT molecular complexity index is 537. The third-order valence-electron chi connectivity index (χ3n) is 3.52. The molecule has 1 saturated heterocycles. The van der Waals surface area contributed by atoms with Crippen molar-refractivity contribution in [3.63, 3.8) is 0 Å². The van der Waals surface area contributed by atoms with Crippen molar-refractivity contribution in [2.45, 2.75) is 31.1 Å². The lowest BCUT2D eigenvalue weighted by atomic mass is 10.2. The largest absolute Gasteiger partial charge is 0.378 e. The SMILES string of the molecule is c1ccc2ncc(CSCCC3CCCO3)cc2c1. The van der Waals surface area contributed by atoms with E-state index in [0.717, 1.165) is 17.9 Å². The van der Waals surface area contributed by atoms with Gasteiger partial charge in [0.05, 0.1) is 11.6 Å². The van der Waals surface area contributed by atoms with E-state index < -0.39 is 0 Å². The van der Waals surface area contributed by atoms with Crippen LogP contribution in [-0.2, 0) is 10.5 Å². The van der Waals surface area contributed by atoms with E-state index in [1.807, 2.05) is 24.0 Å². The summed E-state index contributed by atoms with van der Waals surface area (Å²) in [6.45, 7) is 0.962. The fraction of sp³-hybridized carbons (Fsp3) is 0.438. The summed E-state index contributed by atoms with van der Waals surface area (Å²) in [4.78, 5) is 4.50. The second kappa shape index (κ2) is 6.40. The van der Waals surface area contributed by atoms with Crippen molar-refractivity contribution >= 4 is 22.7 Å². The Balaban J connectivity index is 1.50. The molecule has 2 aromatic rings. The summed E-state index contributed by atoms with van der Waals surface area (Å²) in [5.41, 5.74) is 2.40. The number of fused-ring (bicyclic) bond motifs is 1. The molecule has 0 spiro atoms. The van der Waals surface area contributed by atoms with Gasteiger partial charge >= 0.3 is 0 Å². The van der Waals surface area contributed by atoms with E-state index in [1.54, 1.807) is 0 Å². The van der Waals surface area contributed by atoms with Gasteiger partial charge in [-0.2, -0.15) is 11.8 Å². The Morgan fingerprint density at radius 3 is 3.16 bits per heavy atom. The third kappa shape index (κ3) is 3.48. The van der Waals surface area contributed by atoms with Gasteiger partial charge in [0.2, 0.25) is 0 Å². The predicted octanol–water partition coefficient (Wildman–Crippen LogP) is 4.04. The maximum atomic E-state index is 5.64. The van der Waals surface area contributed by atoms with Gasteiger partial charge in [0.15, 0.2) is 0 Å². The number of benzene rings is 1. The van der Waals surface area contributed by atoms with Crippen molar-refractivity contribution in [2.24, 2.45) is 0 Å². The van der Waals surface area contributed by atoms with Gasteiger partial charge in [-0.3, -0.25) is 4.98 Å². The van der Waals surface area contributed by atoms with Gasteiger partial charge in [0, 0.05) is 23.9 Å². The number of para-hydroxylation sites is 1. The maximum Gasteiger partial charge on any atom is 0.0702 e. The minimum Gasteiger partial charge on any atom is -0.378 e. The normalized spacial score (nSPS) is 19.1.